The molecule has 1 atom stereocenters. The molecule has 0 aliphatic heterocycles. The van der Waals surface area contributed by atoms with Crippen molar-refractivity contribution in [1.82, 2.24) is 0 Å². The molecule has 0 fully saturated rings. The van der Waals surface area contributed by atoms with E-state index < -0.39 is 6.10 Å². The third-order valence-corrected chi connectivity index (χ3v) is 9.20. The smallest absolute Gasteiger partial charge is 0.306 e. The van der Waals surface area contributed by atoms with E-state index in [4.69, 9.17) is 14.2 Å². The SMILES string of the molecule is CC/C=C\C/C=C\C/C=C\C/C=C\CCCCCCC(=O)OCC(COC(=O)CCCCCCCC)OC(=O)CCCCCCC/C=C\C/C=C\CCCC. The molecular formula is C49H82O6. The Morgan fingerprint density at radius 1 is 0.382 bits per heavy atom. The second-order valence-electron chi connectivity index (χ2n) is 14.6. The minimum Gasteiger partial charge on any atom is -0.462 e. The van der Waals surface area contributed by atoms with Gasteiger partial charge in [0.1, 0.15) is 13.2 Å². The van der Waals surface area contributed by atoms with Crippen LogP contribution in [0.2, 0.25) is 0 Å². The summed E-state index contributed by atoms with van der Waals surface area (Å²) in [7, 11) is 0. The number of hydrogen-bond acceptors (Lipinski definition) is 6. The first-order valence-electron chi connectivity index (χ1n) is 22.4. The van der Waals surface area contributed by atoms with Crippen LogP contribution in [0.25, 0.3) is 0 Å². The lowest BCUT2D eigenvalue weighted by molar-refractivity contribution is -0.167. The summed E-state index contributed by atoms with van der Waals surface area (Å²) in [4.78, 5) is 37.5. The molecule has 0 saturated carbocycles. The Morgan fingerprint density at radius 2 is 0.727 bits per heavy atom. The first kappa shape index (κ1) is 51.9. The third-order valence-electron chi connectivity index (χ3n) is 9.20. The number of ether oxygens (including phenoxy) is 3. The summed E-state index contributed by atoms with van der Waals surface area (Å²) >= 11 is 0. The van der Waals surface area contributed by atoms with Gasteiger partial charge in [0.05, 0.1) is 0 Å². The molecular weight excluding hydrogens is 685 g/mol. The zero-order valence-electron chi connectivity index (χ0n) is 35.7. The molecule has 6 heteroatoms. The van der Waals surface area contributed by atoms with Gasteiger partial charge in [0, 0.05) is 19.3 Å². The van der Waals surface area contributed by atoms with Crippen LogP contribution in [0.4, 0.5) is 0 Å². The highest BCUT2D eigenvalue weighted by atomic mass is 16.6. The summed E-state index contributed by atoms with van der Waals surface area (Å²) in [5, 5.41) is 0. The molecule has 0 spiro atoms. The van der Waals surface area contributed by atoms with E-state index in [1.54, 1.807) is 0 Å². The normalized spacial score (nSPS) is 12.7. The van der Waals surface area contributed by atoms with E-state index in [0.717, 1.165) is 122 Å². The molecule has 6 nitrogen and oxygen atoms in total. The van der Waals surface area contributed by atoms with Crippen molar-refractivity contribution in [1.29, 1.82) is 0 Å². The molecule has 0 saturated heterocycles. The molecule has 0 N–H and O–H groups in total. The molecule has 0 rings (SSSR count). The monoisotopic (exact) mass is 767 g/mol. The van der Waals surface area contributed by atoms with Crippen molar-refractivity contribution < 1.29 is 28.6 Å². The van der Waals surface area contributed by atoms with E-state index in [-0.39, 0.29) is 31.1 Å². The molecule has 55 heavy (non-hydrogen) atoms. The van der Waals surface area contributed by atoms with Gasteiger partial charge in [-0.1, -0.05) is 171 Å². The number of esters is 3. The Kier molecular flexibility index (Phi) is 41.1. The molecule has 0 heterocycles. The average Bonchev–Trinajstić information content (AvgIpc) is 3.18. The molecule has 0 aliphatic rings. The van der Waals surface area contributed by atoms with Crippen LogP contribution >= 0.6 is 0 Å². The zero-order valence-corrected chi connectivity index (χ0v) is 35.7. The minimum absolute atomic E-state index is 0.0902. The van der Waals surface area contributed by atoms with Gasteiger partial charge in [-0.15, -0.1) is 0 Å². The summed E-state index contributed by atoms with van der Waals surface area (Å²) in [5.74, 6) is -0.945. The van der Waals surface area contributed by atoms with Gasteiger partial charge in [0.2, 0.25) is 0 Å². The lowest BCUT2D eigenvalue weighted by Crippen LogP contribution is -2.30. The highest BCUT2D eigenvalue weighted by Crippen LogP contribution is 2.12. The van der Waals surface area contributed by atoms with E-state index in [1.165, 1.54) is 38.5 Å². The number of rotatable bonds is 39. The predicted octanol–water partition coefficient (Wildman–Crippen LogP) is 14.3. The topological polar surface area (TPSA) is 78.9 Å². The Morgan fingerprint density at radius 3 is 1.16 bits per heavy atom. The largest absolute Gasteiger partial charge is 0.462 e. The van der Waals surface area contributed by atoms with Crippen molar-refractivity contribution in [2.24, 2.45) is 0 Å². The molecule has 1 unspecified atom stereocenters. The van der Waals surface area contributed by atoms with Crippen LogP contribution in [0.5, 0.6) is 0 Å². The van der Waals surface area contributed by atoms with E-state index in [2.05, 4.69) is 93.7 Å². The quantitative estimate of drug-likeness (QED) is 0.0268. The summed E-state index contributed by atoms with van der Waals surface area (Å²) in [6.45, 7) is 6.37. The summed E-state index contributed by atoms with van der Waals surface area (Å²) in [6, 6.07) is 0. The van der Waals surface area contributed by atoms with Gasteiger partial charge < -0.3 is 14.2 Å². The number of allylic oxidation sites excluding steroid dienone is 12. The molecule has 0 aliphatic carbocycles. The van der Waals surface area contributed by atoms with Gasteiger partial charge in [-0.2, -0.15) is 0 Å². The van der Waals surface area contributed by atoms with Gasteiger partial charge in [0.25, 0.3) is 0 Å². The van der Waals surface area contributed by atoms with Crippen molar-refractivity contribution in [3.63, 3.8) is 0 Å². The van der Waals surface area contributed by atoms with Gasteiger partial charge >= 0.3 is 17.9 Å². The second kappa shape index (κ2) is 43.6. The van der Waals surface area contributed by atoms with Crippen molar-refractivity contribution in [2.75, 3.05) is 13.2 Å². The van der Waals surface area contributed by atoms with E-state index in [0.29, 0.717) is 19.3 Å². The molecule has 0 amide bonds. The maximum atomic E-state index is 12.7. The van der Waals surface area contributed by atoms with Crippen LogP contribution in [0.15, 0.2) is 72.9 Å². The first-order valence-corrected chi connectivity index (χ1v) is 22.4. The van der Waals surface area contributed by atoms with E-state index >= 15 is 0 Å². The molecule has 0 aromatic carbocycles. The summed E-state index contributed by atoms with van der Waals surface area (Å²) in [5.41, 5.74) is 0. The summed E-state index contributed by atoms with van der Waals surface area (Å²) < 4.78 is 16.6. The fourth-order valence-corrected chi connectivity index (χ4v) is 5.80. The molecule has 0 aromatic heterocycles. The lowest BCUT2D eigenvalue weighted by Gasteiger charge is -2.18. The highest BCUT2D eigenvalue weighted by Gasteiger charge is 2.19. The molecule has 0 radical (unpaired) electrons. The van der Waals surface area contributed by atoms with Crippen molar-refractivity contribution in [3.8, 4) is 0 Å². The standard InChI is InChI=1S/C49H82O6/c1-4-7-10-13-16-18-20-22-24-25-26-28-29-31-33-36-39-42-48(51)54-45-46(44-53-47(50)41-38-35-15-12-9-6-3)55-49(52)43-40-37-34-32-30-27-23-21-19-17-14-11-8-5-2/h7,10,14,16-18,21-24,26,28,46H,4-6,8-9,11-13,15,19-20,25,27,29-45H2,1-3H3/b10-7-,17-14-,18-16-,23-21-,24-22-,28-26-. The van der Waals surface area contributed by atoms with Gasteiger partial charge in [-0.05, 0) is 83.5 Å². The average molecular weight is 767 g/mol. The lowest BCUT2D eigenvalue weighted by atomic mass is 10.1. The van der Waals surface area contributed by atoms with Crippen molar-refractivity contribution in [3.05, 3.63) is 72.9 Å². The molecule has 0 bridgehead atoms. The van der Waals surface area contributed by atoms with E-state index in [1.807, 2.05) is 0 Å². The van der Waals surface area contributed by atoms with Crippen molar-refractivity contribution >= 4 is 17.9 Å². The van der Waals surface area contributed by atoms with Crippen LogP contribution in [0, 0.1) is 0 Å². The number of carbonyl (C=O) groups is 3. The first-order chi connectivity index (χ1) is 27.0. The Hall–Kier alpha value is -3.15. The molecule has 314 valence electrons. The zero-order chi connectivity index (χ0) is 40.1. The van der Waals surface area contributed by atoms with Crippen LogP contribution in [-0.2, 0) is 28.6 Å². The van der Waals surface area contributed by atoms with Crippen LogP contribution in [-0.4, -0.2) is 37.2 Å². The Balaban J connectivity index is 4.35. The van der Waals surface area contributed by atoms with Gasteiger partial charge in [0.15, 0.2) is 6.10 Å². The highest BCUT2D eigenvalue weighted by molar-refractivity contribution is 5.71. The maximum Gasteiger partial charge on any atom is 0.306 e. The predicted molar refractivity (Wildman–Crippen MR) is 233 cm³/mol. The van der Waals surface area contributed by atoms with Crippen LogP contribution in [0.3, 0.4) is 0 Å². The maximum absolute atomic E-state index is 12.7. The number of hydrogen-bond donors (Lipinski definition) is 0. The van der Waals surface area contributed by atoms with Crippen LogP contribution < -0.4 is 0 Å². The summed E-state index contributed by atoms with van der Waals surface area (Å²) in [6.07, 6.45) is 53.3. The Labute approximate surface area is 338 Å². The van der Waals surface area contributed by atoms with E-state index in [9.17, 15) is 14.4 Å². The van der Waals surface area contributed by atoms with Gasteiger partial charge in [-0.25, -0.2) is 0 Å². The van der Waals surface area contributed by atoms with Crippen molar-refractivity contribution in [2.45, 2.75) is 207 Å². The fraction of sp³-hybridized carbons (Fsp3) is 0.694. The number of unbranched alkanes of at least 4 members (excludes halogenated alkanes) is 16. The Bertz CT molecular complexity index is 1070. The minimum atomic E-state index is -0.788. The third kappa shape index (κ3) is 41.8. The second-order valence-corrected chi connectivity index (χ2v) is 14.6. The molecule has 0 aromatic rings. The fourth-order valence-electron chi connectivity index (χ4n) is 5.80. The van der Waals surface area contributed by atoms with Gasteiger partial charge in [-0.3, -0.25) is 14.4 Å². The van der Waals surface area contributed by atoms with Crippen LogP contribution in [0.1, 0.15) is 201 Å². The number of carbonyl (C=O) groups excluding carboxylic acids is 3.